The molecule has 2 rings (SSSR count). The van der Waals surface area contributed by atoms with Gasteiger partial charge in [0.25, 0.3) is 0 Å². The Labute approximate surface area is 118 Å². The van der Waals surface area contributed by atoms with E-state index in [1.807, 2.05) is 0 Å². The minimum Gasteiger partial charge on any atom is -0.504 e. The van der Waals surface area contributed by atoms with Crippen LogP contribution in [0.1, 0.15) is 31.2 Å². The van der Waals surface area contributed by atoms with E-state index in [4.69, 9.17) is 5.73 Å². The highest BCUT2D eigenvalue weighted by atomic mass is 16.3. The zero-order valence-corrected chi connectivity index (χ0v) is 11.5. The second kappa shape index (κ2) is 6.61. The largest absolute Gasteiger partial charge is 0.504 e. The first-order chi connectivity index (χ1) is 9.56. The van der Waals surface area contributed by atoms with Gasteiger partial charge in [-0.05, 0) is 42.9 Å². The van der Waals surface area contributed by atoms with Gasteiger partial charge in [0.2, 0.25) is 5.91 Å². The number of amides is 1. The molecule has 110 valence electrons. The highest BCUT2D eigenvalue weighted by Crippen LogP contribution is 2.33. The molecule has 1 amide bonds. The maximum Gasteiger partial charge on any atom is 0.237 e. The van der Waals surface area contributed by atoms with E-state index < -0.39 is 6.04 Å². The van der Waals surface area contributed by atoms with Crippen LogP contribution < -0.4 is 11.1 Å². The molecule has 1 aliphatic carbocycles. The van der Waals surface area contributed by atoms with E-state index in [9.17, 15) is 15.0 Å². The molecule has 1 aromatic carbocycles. The van der Waals surface area contributed by atoms with Gasteiger partial charge in [-0.25, -0.2) is 0 Å². The number of benzene rings is 1. The van der Waals surface area contributed by atoms with Crippen LogP contribution >= 0.6 is 0 Å². The summed E-state index contributed by atoms with van der Waals surface area (Å²) >= 11 is 0. The van der Waals surface area contributed by atoms with Crippen molar-refractivity contribution in [1.29, 1.82) is 0 Å². The maximum atomic E-state index is 11.8. The highest BCUT2D eigenvalue weighted by molar-refractivity contribution is 5.81. The van der Waals surface area contributed by atoms with E-state index >= 15 is 0 Å². The monoisotopic (exact) mass is 278 g/mol. The summed E-state index contributed by atoms with van der Waals surface area (Å²) < 4.78 is 0. The number of hydrogen-bond acceptors (Lipinski definition) is 4. The standard InChI is InChI=1S/C15H22N2O3/c16-12(8-11-5-6-13(18)14(19)9-11)15(20)17-7-1-2-10-3-4-10/h5-6,9-10,12,18-19H,1-4,7-8,16H2,(H,17,20)/t12-/m0/s1. The van der Waals surface area contributed by atoms with Crippen LogP contribution in [0.15, 0.2) is 18.2 Å². The zero-order valence-electron chi connectivity index (χ0n) is 11.5. The first-order valence-corrected chi connectivity index (χ1v) is 7.10. The third-order valence-corrected chi connectivity index (χ3v) is 3.62. The molecule has 0 heterocycles. The molecular weight excluding hydrogens is 256 g/mol. The molecule has 0 aliphatic heterocycles. The normalized spacial score (nSPS) is 15.8. The average Bonchev–Trinajstić information content (AvgIpc) is 3.23. The van der Waals surface area contributed by atoms with E-state index in [-0.39, 0.29) is 17.4 Å². The fourth-order valence-electron chi connectivity index (χ4n) is 2.18. The lowest BCUT2D eigenvalue weighted by atomic mass is 10.1. The van der Waals surface area contributed by atoms with Crippen molar-refractivity contribution in [2.45, 2.75) is 38.1 Å². The van der Waals surface area contributed by atoms with Crippen LogP contribution in [0.5, 0.6) is 11.5 Å². The third-order valence-electron chi connectivity index (χ3n) is 3.62. The van der Waals surface area contributed by atoms with Crippen molar-refractivity contribution in [3.05, 3.63) is 23.8 Å². The SMILES string of the molecule is N[C@@H](Cc1ccc(O)c(O)c1)C(=O)NCCCC1CC1. The number of phenolic OH excluding ortho intramolecular Hbond substituents is 2. The van der Waals surface area contributed by atoms with E-state index in [1.165, 1.54) is 31.4 Å². The molecule has 0 unspecified atom stereocenters. The number of carbonyl (C=O) groups excluding carboxylic acids is 1. The first-order valence-electron chi connectivity index (χ1n) is 7.10. The fraction of sp³-hybridized carbons (Fsp3) is 0.533. The molecule has 0 saturated heterocycles. The molecule has 0 aromatic heterocycles. The Balaban J connectivity index is 1.72. The number of nitrogens with one attached hydrogen (secondary N) is 1. The molecule has 1 saturated carbocycles. The smallest absolute Gasteiger partial charge is 0.237 e. The number of hydrogen-bond donors (Lipinski definition) is 4. The summed E-state index contributed by atoms with van der Waals surface area (Å²) in [7, 11) is 0. The van der Waals surface area contributed by atoms with Crippen molar-refractivity contribution in [2.24, 2.45) is 11.7 Å². The molecule has 20 heavy (non-hydrogen) atoms. The molecule has 0 spiro atoms. The van der Waals surface area contributed by atoms with Gasteiger partial charge >= 0.3 is 0 Å². The van der Waals surface area contributed by atoms with Crippen molar-refractivity contribution in [1.82, 2.24) is 5.32 Å². The van der Waals surface area contributed by atoms with Gasteiger partial charge < -0.3 is 21.3 Å². The number of aromatic hydroxyl groups is 2. The summed E-state index contributed by atoms with van der Waals surface area (Å²) in [6.45, 7) is 0.670. The molecule has 5 heteroatoms. The van der Waals surface area contributed by atoms with Crippen LogP contribution in [0, 0.1) is 5.92 Å². The predicted octanol–water partition coefficient (Wildman–Crippen LogP) is 1.27. The predicted molar refractivity (Wildman–Crippen MR) is 76.4 cm³/mol. The average molecular weight is 278 g/mol. The van der Waals surface area contributed by atoms with Gasteiger partial charge in [-0.3, -0.25) is 4.79 Å². The Bertz CT molecular complexity index is 472. The lowest BCUT2D eigenvalue weighted by molar-refractivity contribution is -0.122. The van der Waals surface area contributed by atoms with Crippen LogP contribution in [0.3, 0.4) is 0 Å². The number of carbonyl (C=O) groups is 1. The van der Waals surface area contributed by atoms with E-state index in [0.29, 0.717) is 13.0 Å². The maximum absolute atomic E-state index is 11.8. The van der Waals surface area contributed by atoms with Crippen molar-refractivity contribution in [3.63, 3.8) is 0 Å². The molecule has 1 fully saturated rings. The summed E-state index contributed by atoms with van der Waals surface area (Å²) in [5.41, 5.74) is 6.56. The van der Waals surface area contributed by atoms with E-state index in [0.717, 1.165) is 17.9 Å². The van der Waals surface area contributed by atoms with E-state index in [1.54, 1.807) is 6.07 Å². The van der Waals surface area contributed by atoms with Gasteiger partial charge in [0.15, 0.2) is 11.5 Å². The van der Waals surface area contributed by atoms with Gasteiger partial charge in [0.1, 0.15) is 0 Å². The second-order valence-electron chi connectivity index (χ2n) is 5.51. The topological polar surface area (TPSA) is 95.6 Å². The quantitative estimate of drug-likeness (QED) is 0.446. The Kier molecular flexibility index (Phi) is 4.84. The molecule has 5 N–H and O–H groups in total. The number of nitrogens with two attached hydrogens (primary N) is 1. The first kappa shape index (κ1) is 14.7. The number of rotatable bonds is 7. The molecule has 5 nitrogen and oxygen atoms in total. The minimum atomic E-state index is -0.639. The molecule has 0 bridgehead atoms. The number of phenols is 2. The van der Waals surface area contributed by atoms with Gasteiger partial charge in [0, 0.05) is 6.54 Å². The van der Waals surface area contributed by atoms with Crippen LogP contribution in [0.2, 0.25) is 0 Å². The van der Waals surface area contributed by atoms with Crippen LogP contribution in [-0.4, -0.2) is 28.7 Å². The summed E-state index contributed by atoms with van der Waals surface area (Å²) in [5, 5.41) is 21.4. The lowest BCUT2D eigenvalue weighted by Crippen LogP contribution is -2.42. The summed E-state index contributed by atoms with van der Waals surface area (Å²) in [6.07, 6.45) is 5.18. The van der Waals surface area contributed by atoms with Gasteiger partial charge in [-0.1, -0.05) is 18.9 Å². The van der Waals surface area contributed by atoms with Crippen LogP contribution in [0.25, 0.3) is 0 Å². The van der Waals surface area contributed by atoms with Gasteiger partial charge in [0.05, 0.1) is 6.04 Å². The minimum absolute atomic E-state index is 0.173. The Morgan fingerprint density at radius 3 is 2.75 bits per heavy atom. The summed E-state index contributed by atoms with van der Waals surface area (Å²) in [6, 6.07) is 3.83. The molecule has 1 aliphatic rings. The second-order valence-corrected chi connectivity index (χ2v) is 5.51. The lowest BCUT2D eigenvalue weighted by Gasteiger charge is -2.12. The van der Waals surface area contributed by atoms with Gasteiger partial charge in [-0.2, -0.15) is 0 Å². The van der Waals surface area contributed by atoms with Crippen molar-refractivity contribution in [3.8, 4) is 11.5 Å². The zero-order chi connectivity index (χ0) is 14.5. The van der Waals surface area contributed by atoms with E-state index in [2.05, 4.69) is 5.32 Å². The summed E-state index contributed by atoms with van der Waals surface area (Å²) in [4.78, 5) is 11.8. The van der Waals surface area contributed by atoms with Crippen molar-refractivity contribution < 1.29 is 15.0 Å². The van der Waals surface area contributed by atoms with Crippen LogP contribution in [0.4, 0.5) is 0 Å². The van der Waals surface area contributed by atoms with Crippen molar-refractivity contribution in [2.75, 3.05) is 6.54 Å². The Morgan fingerprint density at radius 2 is 2.10 bits per heavy atom. The Morgan fingerprint density at radius 1 is 1.35 bits per heavy atom. The van der Waals surface area contributed by atoms with Gasteiger partial charge in [-0.15, -0.1) is 0 Å². The fourth-order valence-corrected chi connectivity index (χ4v) is 2.18. The van der Waals surface area contributed by atoms with Crippen molar-refractivity contribution >= 4 is 5.91 Å². The molecular formula is C15H22N2O3. The summed E-state index contributed by atoms with van der Waals surface area (Å²) in [5.74, 6) is 0.334. The van der Waals surface area contributed by atoms with Crippen LogP contribution in [-0.2, 0) is 11.2 Å². The molecule has 1 atom stereocenters. The molecule has 1 aromatic rings. The molecule has 0 radical (unpaired) electrons. The third kappa shape index (κ3) is 4.42. The Hall–Kier alpha value is -1.75. The highest BCUT2D eigenvalue weighted by Gasteiger charge is 2.20.